The zero-order chi connectivity index (χ0) is 14.5. The highest BCUT2D eigenvalue weighted by molar-refractivity contribution is 6.14. The van der Waals surface area contributed by atoms with E-state index < -0.39 is 11.6 Å². The number of furan rings is 1. The second-order valence-corrected chi connectivity index (χ2v) is 4.58. The van der Waals surface area contributed by atoms with E-state index in [1.807, 2.05) is 19.1 Å². The van der Waals surface area contributed by atoms with Crippen LogP contribution in [0.1, 0.15) is 39.3 Å². The predicted molar refractivity (Wildman–Crippen MR) is 72.8 cm³/mol. The molecule has 0 saturated carbocycles. The first-order valence-corrected chi connectivity index (χ1v) is 6.24. The third-order valence-corrected chi connectivity index (χ3v) is 2.88. The van der Waals surface area contributed by atoms with Gasteiger partial charge in [0.2, 0.25) is 5.78 Å². The van der Waals surface area contributed by atoms with E-state index in [4.69, 9.17) is 4.42 Å². The largest absolute Gasteiger partial charge is 0.461 e. The molecule has 0 saturated heterocycles. The van der Waals surface area contributed by atoms with Crippen LogP contribution in [-0.4, -0.2) is 17.3 Å². The van der Waals surface area contributed by atoms with Gasteiger partial charge in [0.1, 0.15) is 5.78 Å². The second kappa shape index (κ2) is 6.10. The Morgan fingerprint density at radius 3 is 2.20 bits per heavy atom. The second-order valence-electron chi connectivity index (χ2n) is 4.58. The molecule has 0 aliphatic heterocycles. The summed E-state index contributed by atoms with van der Waals surface area (Å²) in [5, 5.41) is 0. The van der Waals surface area contributed by atoms with E-state index >= 15 is 0 Å². The lowest BCUT2D eigenvalue weighted by molar-refractivity contribution is -0.117. The molecule has 1 heterocycles. The number of aryl methyl sites for hydroxylation is 1. The molecule has 0 atom stereocenters. The number of rotatable bonds is 6. The third-order valence-electron chi connectivity index (χ3n) is 2.88. The number of benzene rings is 1. The highest BCUT2D eigenvalue weighted by Crippen LogP contribution is 2.09. The van der Waals surface area contributed by atoms with Gasteiger partial charge in [0, 0.05) is 5.56 Å². The maximum absolute atomic E-state index is 11.9. The first-order valence-electron chi connectivity index (χ1n) is 6.24. The Hall–Kier alpha value is -2.49. The first kappa shape index (κ1) is 13.9. The summed E-state index contributed by atoms with van der Waals surface area (Å²) in [6, 6.07) is 10.1. The number of hydrogen-bond donors (Lipinski definition) is 0. The van der Waals surface area contributed by atoms with E-state index in [-0.39, 0.29) is 24.4 Å². The minimum atomic E-state index is -0.406. The Balaban J connectivity index is 1.93. The number of carbonyl (C=O) groups excluding carboxylic acids is 3. The molecule has 20 heavy (non-hydrogen) atoms. The van der Waals surface area contributed by atoms with Gasteiger partial charge in [-0.2, -0.15) is 0 Å². The van der Waals surface area contributed by atoms with Gasteiger partial charge in [-0.1, -0.05) is 29.8 Å². The van der Waals surface area contributed by atoms with Crippen molar-refractivity contribution in [3.8, 4) is 0 Å². The van der Waals surface area contributed by atoms with Gasteiger partial charge in [-0.05, 0) is 19.1 Å². The fraction of sp³-hybridized carbons (Fsp3) is 0.188. The molecule has 0 amide bonds. The fourth-order valence-corrected chi connectivity index (χ4v) is 1.79. The zero-order valence-corrected chi connectivity index (χ0v) is 11.1. The monoisotopic (exact) mass is 270 g/mol. The summed E-state index contributed by atoms with van der Waals surface area (Å²) in [7, 11) is 0. The van der Waals surface area contributed by atoms with E-state index in [1.54, 1.807) is 18.2 Å². The van der Waals surface area contributed by atoms with E-state index in [0.717, 1.165) is 5.56 Å². The Labute approximate surface area is 116 Å². The van der Waals surface area contributed by atoms with Crippen molar-refractivity contribution in [1.82, 2.24) is 0 Å². The zero-order valence-electron chi connectivity index (χ0n) is 11.1. The maximum Gasteiger partial charge on any atom is 0.205 e. The van der Waals surface area contributed by atoms with Gasteiger partial charge in [0.05, 0.1) is 19.1 Å². The highest BCUT2D eigenvalue weighted by atomic mass is 16.3. The van der Waals surface area contributed by atoms with Gasteiger partial charge in [0.15, 0.2) is 11.5 Å². The molecule has 0 aliphatic rings. The summed E-state index contributed by atoms with van der Waals surface area (Å²) in [5.41, 5.74) is 1.52. The maximum atomic E-state index is 11.9. The topological polar surface area (TPSA) is 64.3 Å². The number of Topliss-reactive ketones (excluding diaryl/α,β-unsaturated/α-hetero) is 3. The van der Waals surface area contributed by atoms with E-state index in [1.165, 1.54) is 12.3 Å². The summed E-state index contributed by atoms with van der Waals surface area (Å²) in [6.07, 6.45) is 0.787. The summed E-state index contributed by atoms with van der Waals surface area (Å²) < 4.78 is 4.91. The minimum Gasteiger partial charge on any atom is -0.461 e. The summed E-state index contributed by atoms with van der Waals surface area (Å²) in [4.78, 5) is 35.2. The fourth-order valence-electron chi connectivity index (χ4n) is 1.79. The van der Waals surface area contributed by atoms with Crippen molar-refractivity contribution in [2.45, 2.75) is 19.8 Å². The van der Waals surface area contributed by atoms with Crippen LogP contribution in [0.15, 0.2) is 47.1 Å². The molecular formula is C16H14O4. The smallest absolute Gasteiger partial charge is 0.205 e. The molecule has 4 heteroatoms. The van der Waals surface area contributed by atoms with Crippen LogP contribution in [0.5, 0.6) is 0 Å². The van der Waals surface area contributed by atoms with Gasteiger partial charge in [-0.15, -0.1) is 0 Å². The van der Waals surface area contributed by atoms with Crippen LogP contribution in [0.2, 0.25) is 0 Å². The van der Waals surface area contributed by atoms with Crippen LogP contribution in [0.25, 0.3) is 0 Å². The van der Waals surface area contributed by atoms with Gasteiger partial charge in [0.25, 0.3) is 0 Å². The SMILES string of the molecule is Cc1ccc(C(=O)CC(=O)CC(=O)c2ccco2)cc1. The van der Waals surface area contributed by atoms with Crippen LogP contribution in [0.3, 0.4) is 0 Å². The Morgan fingerprint density at radius 1 is 0.950 bits per heavy atom. The Kier molecular flexibility index (Phi) is 4.25. The van der Waals surface area contributed by atoms with Crippen molar-refractivity contribution in [3.63, 3.8) is 0 Å². The lowest BCUT2D eigenvalue weighted by Gasteiger charge is -2.01. The van der Waals surface area contributed by atoms with Crippen molar-refractivity contribution < 1.29 is 18.8 Å². The van der Waals surface area contributed by atoms with Crippen molar-refractivity contribution in [1.29, 1.82) is 0 Å². The number of ketones is 3. The minimum absolute atomic E-state index is 0.140. The van der Waals surface area contributed by atoms with Crippen molar-refractivity contribution in [2.24, 2.45) is 0 Å². The molecule has 0 N–H and O–H groups in total. The average Bonchev–Trinajstić information content (AvgIpc) is 2.93. The van der Waals surface area contributed by atoms with Crippen LogP contribution >= 0.6 is 0 Å². The quantitative estimate of drug-likeness (QED) is 0.598. The molecule has 0 aliphatic carbocycles. The standard InChI is InChI=1S/C16H14O4/c1-11-4-6-12(7-5-11)14(18)9-13(17)10-15(19)16-3-2-8-20-16/h2-8H,9-10H2,1H3. The lowest BCUT2D eigenvalue weighted by atomic mass is 10.0. The van der Waals surface area contributed by atoms with E-state index in [0.29, 0.717) is 5.56 Å². The van der Waals surface area contributed by atoms with Gasteiger partial charge < -0.3 is 4.42 Å². The molecular weight excluding hydrogens is 256 g/mol. The van der Waals surface area contributed by atoms with Gasteiger partial charge >= 0.3 is 0 Å². The number of hydrogen-bond acceptors (Lipinski definition) is 4. The van der Waals surface area contributed by atoms with E-state index in [2.05, 4.69) is 0 Å². The average molecular weight is 270 g/mol. The third kappa shape index (κ3) is 3.51. The summed E-state index contributed by atoms with van der Waals surface area (Å²) >= 11 is 0. The van der Waals surface area contributed by atoms with Crippen molar-refractivity contribution >= 4 is 17.3 Å². The van der Waals surface area contributed by atoms with Crippen molar-refractivity contribution in [2.75, 3.05) is 0 Å². The van der Waals surface area contributed by atoms with Crippen LogP contribution in [-0.2, 0) is 4.79 Å². The molecule has 4 nitrogen and oxygen atoms in total. The van der Waals surface area contributed by atoms with Crippen LogP contribution in [0.4, 0.5) is 0 Å². The van der Waals surface area contributed by atoms with E-state index in [9.17, 15) is 14.4 Å². The van der Waals surface area contributed by atoms with Crippen LogP contribution in [0, 0.1) is 6.92 Å². The number of carbonyl (C=O) groups is 3. The summed E-state index contributed by atoms with van der Waals surface area (Å²) in [6.45, 7) is 1.92. The van der Waals surface area contributed by atoms with Crippen molar-refractivity contribution in [3.05, 3.63) is 59.5 Å². The predicted octanol–water partition coefficient (Wildman–Crippen LogP) is 3.00. The summed E-state index contributed by atoms with van der Waals surface area (Å²) in [5.74, 6) is -0.947. The van der Waals surface area contributed by atoms with Gasteiger partial charge in [-0.3, -0.25) is 14.4 Å². The molecule has 0 spiro atoms. The molecule has 0 fully saturated rings. The molecule has 0 bridgehead atoms. The lowest BCUT2D eigenvalue weighted by Crippen LogP contribution is -2.12. The molecule has 0 radical (unpaired) electrons. The molecule has 2 rings (SSSR count). The Bertz CT molecular complexity index is 621. The van der Waals surface area contributed by atoms with Crippen LogP contribution < -0.4 is 0 Å². The molecule has 2 aromatic rings. The molecule has 1 aromatic heterocycles. The molecule has 1 aromatic carbocycles. The first-order chi connectivity index (χ1) is 9.56. The van der Waals surface area contributed by atoms with Gasteiger partial charge in [-0.25, -0.2) is 0 Å². The highest BCUT2D eigenvalue weighted by Gasteiger charge is 2.17. The Morgan fingerprint density at radius 2 is 1.60 bits per heavy atom. The molecule has 0 unspecified atom stereocenters. The normalized spacial score (nSPS) is 10.2. The molecule has 102 valence electrons.